The number of aromatic nitrogens is 2. The minimum absolute atomic E-state index is 0.134. The molecule has 130 valence electrons. The maximum Gasteiger partial charge on any atom is 0.264 e. The van der Waals surface area contributed by atoms with Gasteiger partial charge < -0.3 is 19.3 Å². The number of ether oxygens (including phenoxy) is 2. The molecule has 24 heavy (non-hydrogen) atoms. The van der Waals surface area contributed by atoms with Crippen molar-refractivity contribution in [3.63, 3.8) is 0 Å². The Balaban J connectivity index is 1.97. The van der Waals surface area contributed by atoms with Gasteiger partial charge in [-0.2, -0.15) is 4.98 Å². The number of carbonyl (C=O) groups excluding carboxylic acids is 1. The van der Waals surface area contributed by atoms with Gasteiger partial charge >= 0.3 is 0 Å². The average molecular weight is 333 g/mol. The van der Waals surface area contributed by atoms with Crippen LogP contribution in [0.3, 0.4) is 0 Å². The largest absolute Gasteiger partial charge is 0.478 e. The van der Waals surface area contributed by atoms with E-state index in [1.54, 1.807) is 21.0 Å². The molecule has 1 aromatic heterocycles. The van der Waals surface area contributed by atoms with Gasteiger partial charge in [0, 0.05) is 7.11 Å². The Hall–Kier alpha value is -2.41. The molecule has 2 aromatic rings. The third-order valence-corrected chi connectivity index (χ3v) is 3.65. The fourth-order valence-electron chi connectivity index (χ4n) is 2.07. The number of hydrogen-bond acceptors (Lipinski definition) is 6. The second-order valence-electron chi connectivity index (χ2n) is 6.03. The van der Waals surface area contributed by atoms with Crippen molar-refractivity contribution in [1.82, 2.24) is 15.5 Å². The summed E-state index contributed by atoms with van der Waals surface area (Å²) in [6.07, 6.45) is 0. The van der Waals surface area contributed by atoms with Crippen LogP contribution in [0, 0.1) is 13.8 Å². The van der Waals surface area contributed by atoms with Crippen LogP contribution < -0.4 is 10.1 Å². The molecule has 0 bridgehead atoms. The van der Waals surface area contributed by atoms with E-state index in [4.69, 9.17) is 14.0 Å². The Bertz CT molecular complexity index is 710. The minimum Gasteiger partial charge on any atom is -0.478 e. The van der Waals surface area contributed by atoms with E-state index >= 15 is 0 Å². The molecular formula is C17H23N3O4. The van der Waals surface area contributed by atoms with Gasteiger partial charge in [0.2, 0.25) is 5.89 Å². The van der Waals surface area contributed by atoms with Gasteiger partial charge in [0.15, 0.2) is 11.4 Å². The molecule has 1 aromatic carbocycles. The van der Waals surface area contributed by atoms with Crippen LogP contribution in [0.15, 0.2) is 22.7 Å². The van der Waals surface area contributed by atoms with Crippen molar-refractivity contribution in [2.24, 2.45) is 0 Å². The summed E-state index contributed by atoms with van der Waals surface area (Å²) < 4.78 is 15.9. The lowest BCUT2D eigenvalue weighted by atomic mass is 10.1. The molecule has 0 saturated carbocycles. The van der Waals surface area contributed by atoms with Crippen LogP contribution in [0.2, 0.25) is 0 Å². The minimum atomic E-state index is -1.03. The first-order valence-corrected chi connectivity index (χ1v) is 7.67. The van der Waals surface area contributed by atoms with Crippen molar-refractivity contribution >= 4 is 5.91 Å². The Morgan fingerprint density at radius 1 is 1.33 bits per heavy atom. The smallest absolute Gasteiger partial charge is 0.264 e. The summed E-state index contributed by atoms with van der Waals surface area (Å²) >= 11 is 0. The fraction of sp³-hybridized carbons (Fsp3) is 0.471. The zero-order valence-corrected chi connectivity index (χ0v) is 14.7. The number of carbonyl (C=O) groups is 1. The van der Waals surface area contributed by atoms with Crippen LogP contribution in [0.25, 0.3) is 0 Å². The number of benzene rings is 1. The standard InChI is InChI=1S/C17H23N3O4/c1-11-7-6-8-13(12(11)2)23-17(3,4)16(21)18-9-15-19-14(10-22-5)20-24-15/h6-8H,9-10H2,1-5H3,(H,18,21). The summed E-state index contributed by atoms with van der Waals surface area (Å²) in [6, 6.07) is 5.76. The Kier molecular flexibility index (Phi) is 5.56. The van der Waals surface area contributed by atoms with E-state index in [-0.39, 0.29) is 19.1 Å². The lowest BCUT2D eigenvalue weighted by Crippen LogP contribution is -2.46. The van der Waals surface area contributed by atoms with E-state index < -0.39 is 5.60 Å². The van der Waals surface area contributed by atoms with Crippen LogP contribution in [0.4, 0.5) is 0 Å². The third-order valence-electron chi connectivity index (χ3n) is 3.65. The van der Waals surface area contributed by atoms with Gasteiger partial charge in [-0.05, 0) is 44.9 Å². The monoisotopic (exact) mass is 333 g/mol. The van der Waals surface area contributed by atoms with Crippen molar-refractivity contribution in [1.29, 1.82) is 0 Å². The topological polar surface area (TPSA) is 86.5 Å². The molecule has 0 unspecified atom stereocenters. The van der Waals surface area contributed by atoms with Gasteiger partial charge in [-0.15, -0.1) is 0 Å². The summed E-state index contributed by atoms with van der Waals surface area (Å²) in [6.45, 7) is 7.80. The summed E-state index contributed by atoms with van der Waals surface area (Å²) in [5, 5.41) is 6.49. The first kappa shape index (κ1) is 17.9. The van der Waals surface area contributed by atoms with Gasteiger partial charge in [0.25, 0.3) is 5.91 Å². The highest BCUT2D eigenvalue weighted by molar-refractivity contribution is 5.84. The number of nitrogens with zero attached hydrogens (tertiary/aromatic N) is 2. The quantitative estimate of drug-likeness (QED) is 0.837. The van der Waals surface area contributed by atoms with Crippen LogP contribution in [0.5, 0.6) is 5.75 Å². The molecule has 1 N–H and O–H groups in total. The van der Waals surface area contributed by atoms with Gasteiger partial charge in [-0.3, -0.25) is 4.79 Å². The predicted octanol–water partition coefficient (Wildman–Crippen LogP) is 2.31. The number of rotatable bonds is 7. The van der Waals surface area contributed by atoms with Crippen molar-refractivity contribution in [3.05, 3.63) is 41.0 Å². The second-order valence-corrected chi connectivity index (χ2v) is 6.03. The van der Waals surface area contributed by atoms with Crippen molar-refractivity contribution in [2.75, 3.05) is 7.11 Å². The summed E-state index contributed by atoms with van der Waals surface area (Å²) in [4.78, 5) is 16.5. The highest BCUT2D eigenvalue weighted by Crippen LogP contribution is 2.25. The lowest BCUT2D eigenvalue weighted by Gasteiger charge is -2.26. The number of nitrogens with one attached hydrogen (secondary N) is 1. The van der Waals surface area contributed by atoms with Crippen molar-refractivity contribution in [2.45, 2.75) is 46.4 Å². The molecule has 1 heterocycles. The zero-order valence-electron chi connectivity index (χ0n) is 14.7. The van der Waals surface area contributed by atoms with Gasteiger partial charge in [0.05, 0.1) is 6.54 Å². The lowest BCUT2D eigenvalue weighted by molar-refractivity contribution is -0.134. The fourth-order valence-corrected chi connectivity index (χ4v) is 2.07. The SMILES string of the molecule is COCc1noc(CNC(=O)C(C)(C)Oc2cccc(C)c2C)n1. The molecular weight excluding hydrogens is 310 g/mol. The second kappa shape index (κ2) is 7.44. The van der Waals surface area contributed by atoms with E-state index in [1.165, 1.54) is 0 Å². The molecule has 0 radical (unpaired) electrons. The first-order valence-electron chi connectivity index (χ1n) is 7.67. The van der Waals surface area contributed by atoms with Crippen molar-refractivity contribution in [3.8, 4) is 5.75 Å². The van der Waals surface area contributed by atoms with Gasteiger partial charge in [0.1, 0.15) is 12.4 Å². The van der Waals surface area contributed by atoms with Gasteiger partial charge in [-0.25, -0.2) is 0 Å². The maximum atomic E-state index is 12.4. The maximum absolute atomic E-state index is 12.4. The first-order chi connectivity index (χ1) is 11.3. The van der Waals surface area contributed by atoms with Crippen LogP contribution in [0.1, 0.15) is 36.7 Å². The average Bonchev–Trinajstić information content (AvgIpc) is 2.97. The molecule has 1 amide bonds. The molecule has 2 rings (SSSR count). The van der Waals surface area contributed by atoms with Gasteiger partial charge in [-0.1, -0.05) is 17.3 Å². The molecule has 0 aliphatic rings. The molecule has 0 spiro atoms. The van der Waals surface area contributed by atoms with E-state index in [0.29, 0.717) is 17.5 Å². The number of amides is 1. The van der Waals surface area contributed by atoms with Crippen LogP contribution in [-0.4, -0.2) is 28.8 Å². The molecule has 7 heteroatoms. The number of aryl methyl sites for hydroxylation is 1. The van der Waals surface area contributed by atoms with E-state index in [0.717, 1.165) is 11.1 Å². The summed E-state index contributed by atoms with van der Waals surface area (Å²) in [5.41, 5.74) is 1.09. The Morgan fingerprint density at radius 2 is 2.08 bits per heavy atom. The molecule has 0 fully saturated rings. The number of hydrogen-bond donors (Lipinski definition) is 1. The Labute approximate surface area is 141 Å². The highest BCUT2D eigenvalue weighted by atomic mass is 16.5. The molecule has 0 aliphatic heterocycles. The molecule has 0 atom stereocenters. The van der Waals surface area contributed by atoms with E-state index in [1.807, 2.05) is 32.0 Å². The molecule has 0 aliphatic carbocycles. The molecule has 0 saturated heterocycles. The summed E-state index contributed by atoms with van der Waals surface area (Å²) in [7, 11) is 1.55. The predicted molar refractivity (Wildman–Crippen MR) is 87.5 cm³/mol. The molecule has 7 nitrogen and oxygen atoms in total. The van der Waals surface area contributed by atoms with E-state index in [2.05, 4.69) is 15.5 Å². The van der Waals surface area contributed by atoms with Crippen molar-refractivity contribution < 1.29 is 18.8 Å². The third kappa shape index (κ3) is 4.32. The van der Waals surface area contributed by atoms with Crippen LogP contribution >= 0.6 is 0 Å². The normalized spacial score (nSPS) is 11.4. The Morgan fingerprint density at radius 3 is 2.79 bits per heavy atom. The number of methoxy groups -OCH3 is 1. The van der Waals surface area contributed by atoms with Crippen LogP contribution in [-0.2, 0) is 22.7 Å². The highest BCUT2D eigenvalue weighted by Gasteiger charge is 2.30. The summed E-state index contributed by atoms with van der Waals surface area (Å²) in [5.74, 6) is 1.18. The van der Waals surface area contributed by atoms with E-state index in [9.17, 15) is 4.79 Å². The zero-order chi connectivity index (χ0) is 17.7.